The van der Waals surface area contributed by atoms with E-state index in [-0.39, 0.29) is 76.5 Å². The van der Waals surface area contributed by atoms with Gasteiger partial charge >= 0.3 is 6.09 Å². The van der Waals surface area contributed by atoms with Gasteiger partial charge in [-0.25, -0.2) is 27.0 Å². The largest absolute Gasteiger partial charge is 0.490 e. The van der Waals surface area contributed by atoms with Crippen molar-refractivity contribution in [2.24, 2.45) is 5.41 Å². The summed E-state index contributed by atoms with van der Waals surface area (Å²) in [5.41, 5.74) is 2.11. The minimum absolute atomic E-state index is 0.0346. The van der Waals surface area contributed by atoms with Gasteiger partial charge in [-0.05, 0) is 103 Å². The number of anilines is 3. The third-order valence-corrected chi connectivity index (χ3v) is 16.2. The molecule has 1 aliphatic rings. The van der Waals surface area contributed by atoms with Gasteiger partial charge in [0.1, 0.15) is 64.9 Å². The molecule has 0 unspecified atom stereocenters. The molecule has 1 saturated heterocycles. The number of carbonyl (C=O) groups is 5. The fourth-order valence-electron chi connectivity index (χ4n) is 8.31. The molecule has 442 valence electrons. The highest BCUT2D eigenvalue weighted by Gasteiger charge is 2.46. The molecule has 4 atom stereocenters. The molecule has 0 spiro atoms. The number of hydrogen-bond acceptors (Lipinski definition) is 17. The van der Waals surface area contributed by atoms with E-state index in [1.807, 2.05) is 18.2 Å². The Bertz CT molecular complexity index is 3120. The van der Waals surface area contributed by atoms with E-state index in [4.69, 9.17) is 28.4 Å². The zero-order chi connectivity index (χ0) is 59.5. The number of nitrogens with one attached hydrogen (secondary N) is 4. The second kappa shape index (κ2) is 27.4. The third kappa shape index (κ3) is 17.2. The number of benzene rings is 3. The number of halogens is 2. The van der Waals surface area contributed by atoms with Crippen LogP contribution in [-0.4, -0.2) is 165 Å². The Kier molecular flexibility index (Phi) is 21.5. The van der Waals surface area contributed by atoms with Crippen molar-refractivity contribution in [3.8, 4) is 5.75 Å². The predicted octanol–water partition coefficient (Wildman–Crippen LogP) is 7.39. The van der Waals surface area contributed by atoms with Gasteiger partial charge in [0.15, 0.2) is 9.84 Å². The van der Waals surface area contributed by atoms with Crippen LogP contribution in [0.5, 0.6) is 5.75 Å². The zero-order valence-electron chi connectivity index (χ0n) is 47.6. The molecule has 0 aliphatic carbocycles. The van der Waals surface area contributed by atoms with Gasteiger partial charge in [-0.2, -0.15) is 0 Å². The Morgan fingerprint density at radius 1 is 0.815 bits per heavy atom. The molecule has 2 aromatic heterocycles. The lowest BCUT2D eigenvalue weighted by atomic mass is 9.85. The van der Waals surface area contributed by atoms with Crippen LogP contribution in [0, 0.1) is 17.0 Å². The maximum Gasteiger partial charge on any atom is 0.410 e. The summed E-state index contributed by atoms with van der Waals surface area (Å²) in [5, 5.41) is 11.7. The standard InChI is InChI=1S/C56H74F2N8O13S2/c1-34(65(11)53(71)79-55(5,6)7)50(68)64-49(54(2,3)4)52(70)66-31-36(28-43(66)51(69)63-48-38(57)13-12-14-39(48)58)62-47(67)32-77-24-23-75-20-19-74-21-22-76-25-26-78-44-30-41-37(29-46(44)81(72,73)56(8,9)10)40(17-18-59-41)61-35-15-16-45-42(27-35)60-33-80-45/h12-18,27,29-30,33-34,36,43,49H,19-26,28,31-32H2,1-11H3,(H,59,61)(H,62,67)(H,63,69)(H,64,68)/t34-,36-,43-,49+/m0/s1. The SMILES string of the molecule is C[C@@H](C(=O)N[C@H](C(=O)N1C[C@@H](NC(=O)COCCOCCOCCOCCOc2cc3nccc(Nc4ccc5scnc5c4)c3cc2S(=O)(=O)C(C)(C)C)C[C@H]1C(=O)Nc1c(F)cccc1F)C(C)(C)C)N(C)C(=O)OC(C)(C)C. The van der Waals surface area contributed by atoms with Crippen LogP contribution in [0.2, 0.25) is 0 Å². The van der Waals surface area contributed by atoms with Crippen molar-refractivity contribution in [1.82, 2.24) is 30.4 Å². The minimum atomic E-state index is -3.86. The molecule has 0 saturated carbocycles. The molecule has 21 nitrogen and oxygen atoms in total. The summed E-state index contributed by atoms with van der Waals surface area (Å²) in [4.78, 5) is 78.9. The Balaban J connectivity index is 0.926. The molecule has 5 amide bonds. The first-order valence-corrected chi connectivity index (χ1v) is 28.7. The van der Waals surface area contributed by atoms with Crippen LogP contribution < -0.4 is 26.0 Å². The third-order valence-electron chi connectivity index (χ3n) is 12.9. The highest BCUT2D eigenvalue weighted by molar-refractivity contribution is 7.92. The summed E-state index contributed by atoms with van der Waals surface area (Å²) < 4.78 is 90.9. The monoisotopic (exact) mass is 1170 g/mol. The summed E-state index contributed by atoms with van der Waals surface area (Å²) in [6, 6.07) is 9.39. The van der Waals surface area contributed by atoms with E-state index in [0.717, 1.165) is 43.9 Å². The van der Waals surface area contributed by atoms with Crippen molar-refractivity contribution in [2.45, 2.75) is 115 Å². The van der Waals surface area contributed by atoms with E-state index in [9.17, 15) is 41.2 Å². The molecule has 81 heavy (non-hydrogen) atoms. The Hall–Kier alpha value is -6.64. The molecule has 1 aliphatic heterocycles. The number of amides is 5. The molecule has 3 aromatic carbocycles. The second-order valence-corrected chi connectivity index (χ2v) is 25.9. The summed E-state index contributed by atoms with van der Waals surface area (Å²) in [6.07, 6.45) is 0.725. The van der Waals surface area contributed by atoms with Crippen molar-refractivity contribution < 1.29 is 69.6 Å². The van der Waals surface area contributed by atoms with Crippen molar-refractivity contribution in [3.63, 3.8) is 0 Å². The number of para-hydroxylation sites is 1. The molecular formula is C56H74F2N8O13S2. The van der Waals surface area contributed by atoms with Crippen LogP contribution >= 0.6 is 11.3 Å². The van der Waals surface area contributed by atoms with E-state index in [1.54, 1.807) is 104 Å². The second-order valence-electron chi connectivity index (χ2n) is 22.4. The topological polar surface area (TPSA) is 255 Å². The number of ether oxygens (including phenoxy) is 6. The Labute approximate surface area is 475 Å². The summed E-state index contributed by atoms with van der Waals surface area (Å²) in [6.45, 7) is 17.1. The van der Waals surface area contributed by atoms with Gasteiger partial charge < -0.3 is 54.6 Å². The van der Waals surface area contributed by atoms with Gasteiger partial charge in [0.2, 0.25) is 23.6 Å². The molecule has 1 fully saturated rings. The molecule has 5 aromatic rings. The van der Waals surface area contributed by atoms with Crippen molar-refractivity contribution in [3.05, 3.63) is 77.9 Å². The van der Waals surface area contributed by atoms with E-state index >= 15 is 0 Å². The van der Waals surface area contributed by atoms with Gasteiger partial charge in [0, 0.05) is 48.7 Å². The molecule has 0 radical (unpaired) electrons. The zero-order valence-corrected chi connectivity index (χ0v) is 49.2. The molecule has 6 rings (SSSR count). The fraction of sp³-hybridized carbons (Fsp3) is 0.518. The first-order chi connectivity index (χ1) is 38.0. The van der Waals surface area contributed by atoms with Crippen molar-refractivity contribution in [2.75, 3.05) is 83.7 Å². The van der Waals surface area contributed by atoms with E-state index in [0.29, 0.717) is 16.6 Å². The lowest BCUT2D eigenvalue weighted by Crippen LogP contribution is -2.60. The maximum absolute atomic E-state index is 14.7. The van der Waals surface area contributed by atoms with Gasteiger partial charge in [-0.15, -0.1) is 11.3 Å². The van der Waals surface area contributed by atoms with Crippen LogP contribution in [0.15, 0.2) is 71.2 Å². The minimum Gasteiger partial charge on any atom is -0.490 e. The highest BCUT2D eigenvalue weighted by Crippen LogP contribution is 2.38. The summed E-state index contributed by atoms with van der Waals surface area (Å²) in [7, 11) is -2.48. The fourth-order valence-corrected chi connectivity index (χ4v) is 10.3. The molecule has 25 heteroatoms. The van der Waals surface area contributed by atoms with Gasteiger partial charge in [-0.3, -0.25) is 29.1 Å². The average molecular weight is 1170 g/mol. The number of sulfone groups is 1. The summed E-state index contributed by atoms with van der Waals surface area (Å²) >= 11 is 1.54. The quantitative estimate of drug-likeness (QED) is 0.0415. The first kappa shape index (κ1) is 63.5. The number of rotatable bonds is 25. The molecule has 0 bridgehead atoms. The lowest BCUT2D eigenvalue weighted by Gasteiger charge is -2.36. The van der Waals surface area contributed by atoms with Gasteiger partial charge in [0.25, 0.3) is 0 Å². The average Bonchev–Trinajstić information content (AvgIpc) is 4.20. The van der Waals surface area contributed by atoms with Crippen LogP contribution in [0.25, 0.3) is 21.1 Å². The number of likely N-dealkylation sites (N-methyl/N-ethyl adjacent to an activating group) is 1. The molecule has 4 N–H and O–H groups in total. The smallest absolute Gasteiger partial charge is 0.410 e. The number of pyridine rings is 1. The van der Waals surface area contributed by atoms with E-state index < -0.39 is 103 Å². The van der Waals surface area contributed by atoms with E-state index in [1.165, 1.54) is 14.0 Å². The van der Waals surface area contributed by atoms with Crippen LogP contribution in [0.4, 0.5) is 30.6 Å². The first-order valence-electron chi connectivity index (χ1n) is 26.4. The number of aromatic nitrogens is 2. The van der Waals surface area contributed by atoms with Gasteiger partial charge in [0.05, 0.1) is 72.2 Å². The van der Waals surface area contributed by atoms with Gasteiger partial charge in [-0.1, -0.05) is 26.8 Å². The number of fused-ring (bicyclic) bond motifs is 2. The number of carbonyl (C=O) groups excluding carboxylic acids is 5. The van der Waals surface area contributed by atoms with Crippen LogP contribution in [0.3, 0.4) is 0 Å². The highest BCUT2D eigenvalue weighted by atomic mass is 32.2. The van der Waals surface area contributed by atoms with E-state index in [2.05, 4.69) is 31.2 Å². The van der Waals surface area contributed by atoms with Crippen LogP contribution in [-0.2, 0) is 52.7 Å². The number of thiazole rings is 1. The maximum atomic E-state index is 14.7. The Morgan fingerprint density at radius 2 is 1.44 bits per heavy atom. The number of hydrogen-bond donors (Lipinski definition) is 4. The van der Waals surface area contributed by atoms with Crippen LogP contribution in [0.1, 0.15) is 75.7 Å². The predicted molar refractivity (Wildman–Crippen MR) is 302 cm³/mol. The molecular weight excluding hydrogens is 1090 g/mol. The number of likely N-dealkylation sites (tertiary alicyclic amines) is 1. The number of nitrogens with zero attached hydrogens (tertiary/aromatic N) is 4. The van der Waals surface area contributed by atoms with Crippen molar-refractivity contribution in [1.29, 1.82) is 0 Å². The van der Waals surface area contributed by atoms with Crippen molar-refractivity contribution >= 4 is 89.1 Å². The Morgan fingerprint density at radius 3 is 2.06 bits per heavy atom. The lowest BCUT2D eigenvalue weighted by molar-refractivity contribution is -0.143. The normalized spacial score (nSPS) is 15.7. The summed E-state index contributed by atoms with van der Waals surface area (Å²) in [5.74, 6) is -4.82. The molecule has 3 heterocycles.